The van der Waals surface area contributed by atoms with Gasteiger partial charge in [-0.05, 0) is 37.6 Å². The van der Waals surface area contributed by atoms with Crippen molar-refractivity contribution in [3.8, 4) is 5.75 Å². The third kappa shape index (κ3) is 4.16. The standard InChI is InChI=1S/C19H22N4O3S/c1-11-9-15-17(20-11)18(25)23(3)19(22-15)27-10-16(24)21-12(2)13-5-7-14(26-4)8-6-13/h5-9,12,20H,10H2,1-4H3,(H,21,24)/t12-/m0/s1. The van der Waals surface area contributed by atoms with Crippen LogP contribution in [0.5, 0.6) is 5.75 Å². The van der Waals surface area contributed by atoms with Gasteiger partial charge in [0, 0.05) is 12.7 Å². The zero-order valence-electron chi connectivity index (χ0n) is 15.7. The minimum Gasteiger partial charge on any atom is -0.497 e. The number of benzene rings is 1. The topological polar surface area (TPSA) is 89.0 Å². The molecule has 2 heterocycles. The number of hydrogen-bond donors (Lipinski definition) is 2. The van der Waals surface area contributed by atoms with Crippen LogP contribution < -0.4 is 15.6 Å². The first kappa shape index (κ1) is 19.0. The molecule has 0 radical (unpaired) electrons. The number of amides is 1. The average molecular weight is 386 g/mol. The third-order valence-corrected chi connectivity index (χ3v) is 5.31. The molecular weight excluding hydrogens is 364 g/mol. The van der Waals surface area contributed by atoms with Gasteiger partial charge >= 0.3 is 0 Å². The first-order valence-electron chi connectivity index (χ1n) is 8.51. The molecule has 0 aliphatic heterocycles. The van der Waals surface area contributed by atoms with Gasteiger partial charge in [0.15, 0.2) is 5.16 Å². The normalized spacial score (nSPS) is 12.1. The van der Waals surface area contributed by atoms with E-state index in [2.05, 4.69) is 15.3 Å². The van der Waals surface area contributed by atoms with E-state index in [1.165, 1.54) is 16.3 Å². The number of thioether (sulfide) groups is 1. The van der Waals surface area contributed by atoms with Crippen LogP contribution in [0, 0.1) is 6.92 Å². The van der Waals surface area contributed by atoms with E-state index in [0.717, 1.165) is 17.0 Å². The van der Waals surface area contributed by atoms with Gasteiger partial charge < -0.3 is 15.0 Å². The molecule has 0 bridgehead atoms. The SMILES string of the molecule is COc1ccc([C@H](C)NC(=O)CSc2nc3cc(C)[nH]c3c(=O)n2C)cc1. The summed E-state index contributed by atoms with van der Waals surface area (Å²) in [5.74, 6) is 0.827. The maximum absolute atomic E-state index is 12.4. The van der Waals surface area contributed by atoms with Gasteiger partial charge in [-0.15, -0.1) is 0 Å². The van der Waals surface area contributed by atoms with Crippen LogP contribution in [0.1, 0.15) is 24.2 Å². The molecule has 0 spiro atoms. The number of methoxy groups -OCH3 is 1. The molecule has 3 aromatic rings. The number of aromatic nitrogens is 3. The second kappa shape index (κ2) is 7.87. The minimum atomic E-state index is -0.150. The zero-order valence-corrected chi connectivity index (χ0v) is 16.5. The summed E-state index contributed by atoms with van der Waals surface area (Å²) in [6.45, 7) is 3.80. The van der Waals surface area contributed by atoms with Gasteiger partial charge in [0.05, 0.1) is 24.4 Å². The number of aryl methyl sites for hydroxylation is 1. The molecule has 27 heavy (non-hydrogen) atoms. The molecule has 1 aromatic carbocycles. The number of hydrogen-bond acceptors (Lipinski definition) is 5. The Hall–Kier alpha value is -2.74. The smallest absolute Gasteiger partial charge is 0.278 e. The number of carbonyl (C=O) groups excluding carboxylic acids is 1. The molecule has 3 rings (SSSR count). The van der Waals surface area contributed by atoms with Crippen molar-refractivity contribution in [3.63, 3.8) is 0 Å². The van der Waals surface area contributed by atoms with E-state index in [-0.39, 0.29) is 23.3 Å². The Balaban J connectivity index is 1.65. The van der Waals surface area contributed by atoms with Gasteiger partial charge in [0.25, 0.3) is 5.56 Å². The lowest BCUT2D eigenvalue weighted by atomic mass is 10.1. The molecule has 0 fully saturated rings. The number of nitrogens with zero attached hydrogens (tertiary/aromatic N) is 2. The first-order valence-corrected chi connectivity index (χ1v) is 9.50. The maximum Gasteiger partial charge on any atom is 0.278 e. The number of nitrogens with one attached hydrogen (secondary N) is 2. The Labute approximate surface area is 161 Å². The van der Waals surface area contributed by atoms with Gasteiger partial charge in [0.1, 0.15) is 11.3 Å². The Morgan fingerprint density at radius 2 is 2.07 bits per heavy atom. The molecule has 0 aliphatic carbocycles. The second-order valence-corrected chi connectivity index (χ2v) is 7.26. The molecule has 0 aliphatic rings. The third-order valence-electron chi connectivity index (χ3n) is 4.28. The highest BCUT2D eigenvalue weighted by Crippen LogP contribution is 2.19. The van der Waals surface area contributed by atoms with Crippen LogP contribution in [0.25, 0.3) is 11.0 Å². The van der Waals surface area contributed by atoms with Crippen LogP contribution in [0.15, 0.2) is 40.3 Å². The lowest BCUT2D eigenvalue weighted by Crippen LogP contribution is -2.28. The zero-order chi connectivity index (χ0) is 19.6. The van der Waals surface area contributed by atoms with Gasteiger partial charge in [-0.1, -0.05) is 23.9 Å². The van der Waals surface area contributed by atoms with Gasteiger partial charge in [-0.3, -0.25) is 14.2 Å². The van der Waals surface area contributed by atoms with Crippen LogP contribution in [0.3, 0.4) is 0 Å². The van der Waals surface area contributed by atoms with E-state index in [1.807, 2.05) is 44.2 Å². The average Bonchev–Trinajstić information content (AvgIpc) is 3.04. The minimum absolute atomic E-state index is 0.122. The monoisotopic (exact) mass is 386 g/mol. The number of aromatic amines is 1. The predicted molar refractivity (Wildman–Crippen MR) is 106 cm³/mol. The molecule has 8 heteroatoms. The molecule has 0 saturated heterocycles. The number of carbonyl (C=O) groups is 1. The molecular formula is C19H22N4O3S. The molecule has 0 saturated carbocycles. The quantitative estimate of drug-likeness (QED) is 0.502. The summed E-state index contributed by atoms with van der Waals surface area (Å²) in [4.78, 5) is 32.2. The van der Waals surface area contributed by atoms with Crippen LogP contribution in [0.2, 0.25) is 0 Å². The van der Waals surface area contributed by atoms with Crippen molar-refractivity contribution in [1.82, 2.24) is 19.9 Å². The Bertz CT molecular complexity index is 1020. The highest BCUT2D eigenvalue weighted by atomic mass is 32.2. The Kier molecular flexibility index (Phi) is 5.55. The summed E-state index contributed by atoms with van der Waals surface area (Å²) in [5, 5.41) is 3.47. The Morgan fingerprint density at radius 1 is 1.37 bits per heavy atom. The van der Waals surface area contributed by atoms with Crippen molar-refractivity contribution in [2.45, 2.75) is 25.0 Å². The maximum atomic E-state index is 12.4. The van der Waals surface area contributed by atoms with Crippen LogP contribution in [-0.4, -0.2) is 33.3 Å². The molecule has 2 N–H and O–H groups in total. The summed E-state index contributed by atoms with van der Waals surface area (Å²) < 4.78 is 6.60. The van der Waals surface area contributed by atoms with Gasteiger partial charge in [-0.25, -0.2) is 4.98 Å². The highest BCUT2D eigenvalue weighted by Gasteiger charge is 2.14. The summed E-state index contributed by atoms with van der Waals surface area (Å²) in [6.07, 6.45) is 0. The lowest BCUT2D eigenvalue weighted by Gasteiger charge is -2.15. The summed E-state index contributed by atoms with van der Waals surface area (Å²) in [6, 6.07) is 9.26. The number of ether oxygens (including phenoxy) is 1. The number of H-pyrrole nitrogens is 1. The van der Waals surface area contributed by atoms with Crippen molar-refractivity contribution in [1.29, 1.82) is 0 Å². The van der Waals surface area contributed by atoms with Gasteiger partial charge in [-0.2, -0.15) is 0 Å². The van der Waals surface area contributed by atoms with Crippen LogP contribution in [-0.2, 0) is 11.8 Å². The number of fused-ring (bicyclic) bond motifs is 1. The van der Waals surface area contributed by atoms with Crippen molar-refractivity contribution in [3.05, 3.63) is 51.9 Å². The summed E-state index contributed by atoms with van der Waals surface area (Å²) in [7, 11) is 3.27. The number of rotatable bonds is 6. The second-order valence-electron chi connectivity index (χ2n) is 6.32. The van der Waals surface area contributed by atoms with E-state index < -0.39 is 0 Å². The van der Waals surface area contributed by atoms with E-state index in [0.29, 0.717) is 16.2 Å². The predicted octanol–water partition coefficient (Wildman–Crippen LogP) is 2.55. The van der Waals surface area contributed by atoms with Crippen molar-refractivity contribution < 1.29 is 9.53 Å². The molecule has 142 valence electrons. The fraction of sp³-hybridized carbons (Fsp3) is 0.316. The van der Waals surface area contributed by atoms with Crippen molar-refractivity contribution >= 4 is 28.7 Å². The summed E-state index contributed by atoms with van der Waals surface area (Å²) >= 11 is 1.24. The fourth-order valence-corrected chi connectivity index (χ4v) is 3.56. The Morgan fingerprint density at radius 3 is 2.74 bits per heavy atom. The first-order chi connectivity index (χ1) is 12.9. The largest absolute Gasteiger partial charge is 0.497 e. The van der Waals surface area contributed by atoms with E-state index >= 15 is 0 Å². The summed E-state index contributed by atoms with van der Waals surface area (Å²) in [5.41, 5.74) is 2.82. The fourth-order valence-electron chi connectivity index (χ4n) is 2.78. The molecule has 7 nitrogen and oxygen atoms in total. The molecule has 1 atom stereocenters. The van der Waals surface area contributed by atoms with Gasteiger partial charge in [0.2, 0.25) is 5.91 Å². The van der Waals surface area contributed by atoms with Crippen molar-refractivity contribution in [2.75, 3.05) is 12.9 Å². The molecule has 1 amide bonds. The lowest BCUT2D eigenvalue weighted by molar-refractivity contribution is -0.119. The van der Waals surface area contributed by atoms with E-state index in [4.69, 9.17) is 4.74 Å². The molecule has 0 unspecified atom stereocenters. The van der Waals surface area contributed by atoms with Crippen LogP contribution in [0.4, 0.5) is 0 Å². The molecule has 2 aromatic heterocycles. The van der Waals surface area contributed by atoms with E-state index in [1.54, 1.807) is 14.2 Å². The van der Waals surface area contributed by atoms with Crippen molar-refractivity contribution in [2.24, 2.45) is 7.05 Å². The van der Waals surface area contributed by atoms with E-state index in [9.17, 15) is 9.59 Å². The highest BCUT2D eigenvalue weighted by molar-refractivity contribution is 7.99. The van der Waals surface area contributed by atoms with Crippen LogP contribution >= 0.6 is 11.8 Å².